The molecule has 0 unspecified atom stereocenters. The smallest absolute Gasteiger partial charge is 0.343 e. The molecule has 0 spiro atoms. The van der Waals surface area contributed by atoms with Crippen LogP contribution < -0.4 is 4.74 Å². The number of esters is 1. The molecule has 0 saturated heterocycles. The number of rotatable bonds is 7. The summed E-state index contributed by atoms with van der Waals surface area (Å²) in [5, 5.41) is 4.11. The van der Waals surface area contributed by atoms with Crippen molar-refractivity contribution >= 4 is 21.6 Å². The maximum atomic E-state index is 13.0. The second-order valence-electron chi connectivity index (χ2n) is 6.08. The molecule has 0 aliphatic heterocycles. The number of aryl methyl sites for hydroxylation is 3. The number of carbonyl (C=O) groups excluding carboxylic acids is 2. The fraction of sp³-hybridized carbons (Fsp3) is 0.389. The Morgan fingerprint density at radius 2 is 1.78 bits per heavy atom. The second-order valence-corrected chi connectivity index (χ2v) is 8.04. The Balaban J connectivity index is 2.47. The van der Waals surface area contributed by atoms with Gasteiger partial charge in [0.2, 0.25) is 5.88 Å². The van der Waals surface area contributed by atoms with Crippen molar-refractivity contribution in [2.75, 3.05) is 20.0 Å². The van der Waals surface area contributed by atoms with Crippen LogP contribution in [0.1, 0.15) is 34.0 Å². The van der Waals surface area contributed by atoms with Gasteiger partial charge in [-0.2, -0.15) is 5.10 Å². The van der Waals surface area contributed by atoms with Crippen LogP contribution in [0.5, 0.6) is 5.88 Å². The molecule has 146 valence electrons. The summed E-state index contributed by atoms with van der Waals surface area (Å²) in [5.74, 6) is -0.794. The lowest BCUT2D eigenvalue weighted by Gasteiger charge is -2.12. The Bertz CT molecular complexity index is 968. The quantitative estimate of drug-likeness (QED) is 0.520. The van der Waals surface area contributed by atoms with Gasteiger partial charge in [0.25, 0.3) is 0 Å². The number of hydrogen-bond acceptors (Lipinski definition) is 7. The van der Waals surface area contributed by atoms with Crippen molar-refractivity contribution in [1.29, 1.82) is 0 Å². The van der Waals surface area contributed by atoms with E-state index in [1.165, 1.54) is 30.1 Å². The molecule has 0 aliphatic carbocycles. The molecule has 0 N–H and O–H groups in total. The van der Waals surface area contributed by atoms with Crippen LogP contribution in [0.4, 0.5) is 0 Å². The number of aromatic nitrogens is 2. The SMILES string of the molecule is CCn1ncc(C(=O)c2cc(C)c(S(C)(=O)=O)c(C)c2)c1OCC(=O)OC. The molecular formula is C18H22N2O6S. The molecule has 0 saturated carbocycles. The number of ketones is 1. The highest BCUT2D eigenvalue weighted by molar-refractivity contribution is 7.90. The maximum absolute atomic E-state index is 13.0. The lowest BCUT2D eigenvalue weighted by atomic mass is 10.0. The van der Waals surface area contributed by atoms with Gasteiger partial charge in [-0.3, -0.25) is 4.79 Å². The highest BCUT2D eigenvalue weighted by Crippen LogP contribution is 2.26. The standard InChI is InChI=1S/C18H22N2O6S/c1-6-20-18(26-10-15(21)25-4)14(9-19-20)16(22)13-7-11(2)17(12(3)8-13)27(5,23)24/h7-9H,6,10H2,1-5H3. The average molecular weight is 394 g/mol. The van der Waals surface area contributed by atoms with Crippen LogP contribution in [0.25, 0.3) is 0 Å². The molecule has 1 aromatic heterocycles. The zero-order valence-electron chi connectivity index (χ0n) is 15.9. The van der Waals surface area contributed by atoms with Crippen molar-refractivity contribution in [3.8, 4) is 5.88 Å². The number of sulfone groups is 1. The fourth-order valence-electron chi connectivity index (χ4n) is 2.92. The molecule has 2 aromatic rings. The molecule has 0 atom stereocenters. The van der Waals surface area contributed by atoms with E-state index >= 15 is 0 Å². The Kier molecular flexibility index (Phi) is 6.04. The van der Waals surface area contributed by atoms with Crippen molar-refractivity contribution < 1.29 is 27.5 Å². The summed E-state index contributed by atoms with van der Waals surface area (Å²) in [7, 11) is -2.16. The van der Waals surface area contributed by atoms with Crippen LogP contribution in [-0.4, -0.2) is 49.9 Å². The third-order valence-corrected chi connectivity index (χ3v) is 5.37. The molecule has 0 bridgehead atoms. The van der Waals surface area contributed by atoms with Gasteiger partial charge in [-0.05, 0) is 44.0 Å². The molecule has 0 fully saturated rings. The van der Waals surface area contributed by atoms with E-state index < -0.39 is 15.8 Å². The molecule has 0 amide bonds. The maximum Gasteiger partial charge on any atom is 0.343 e. The van der Waals surface area contributed by atoms with Gasteiger partial charge in [-0.25, -0.2) is 17.9 Å². The minimum Gasteiger partial charge on any atom is -0.466 e. The number of benzene rings is 1. The van der Waals surface area contributed by atoms with Crippen LogP contribution in [-0.2, 0) is 25.9 Å². The Labute approximate surface area is 158 Å². The monoisotopic (exact) mass is 394 g/mol. The second kappa shape index (κ2) is 7.91. The van der Waals surface area contributed by atoms with Gasteiger partial charge in [-0.1, -0.05) is 0 Å². The molecule has 0 radical (unpaired) electrons. The Morgan fingerprint density at radius 1 is 1.19 bits per heavy atom. The summed E-state index contributed by atoms with van der Waals surface area (Å²) in [5.41, 5.74) is 1.48. The molecule has 2 rings (SSSR count). The normalized spacial score (nSPS) is 11.3. The first kappa shape index (κ1) is 20.6. The fourth-order valence-corrected chi connectivity index (χ4v) is 4.20. The van der Waals surface area contributed by atoms with E-state index in [0.29, 0.717) is 23.2 Å². The van der Waals surface area contributed by atoms with Crippen LogP contribution in [0, 0.1) is 13.8 Å². The average Bonchev–Trinajstić information content (AvgIpc) is 2.99. The summed E-state index contributed by atoms with van der Waals surface area (Å²) in [6.07, 6.45) is 2.50. The summed E-state index contributed by atoms with van der Waals surface area (Å²) < 4.78 is 35.3. The summed E-state index contributed by atoms with van der Waals surface area (Å²) in [6, 6.07) is 3.05. The zero-order valence-corrected chi connectivity index (χ0v) is 16.7. The lowest BCUT2D eigenvalue weighted by molar-refractivity contribution is -0.143. The predicted molar refractivity (Wildman–Crippen MR) is 97.9 cm³/mol. The first-order valence-corrected chi connectivity index (χ1v) is 10.1. The Hall–Kier alpha value is -2.68. The van der Waals surface area contributed by atoms with Gasteiger partial charge in [0.1, 0.15) is 5.56 Å². The number of hydrogen-bond donors (Lipinski definition) is 0. The van der Waals surface area contributed by atoms with Crippen LogP contribution >= 0.6 is 0 Å². The molecule has 1 aromatic carbocycles. The van der Waals surface area contributed by atoms with Crippen LogP contribution in [0.15, 0.2) is 23.2 Å². The molecule has 0 aliphatic rings. The predicted octanol–water partition coefficient (Wildman–Crippen LogP) is 1.71. The van der Waals surface area contributed by atoms with Crippen molar-refractivity contribution in [2.24, 2.45) is 0 Å². The van der Waals surface area contributed by atoms with E-state index in [2.05, 4.69) is 9.84 Å². The van der Waals surface area contributed by atoms with E-state index in [0.717, 1.165) is 6.26 Å². The number of methoxy groups -OCH3 is 1. The zero-order chi connectivity index (χ0) is 20.4. The minimum atomic E-state index is -3.40. The van der Waals surface area contributed by atoms with Crippen molar-refractivity contribution in [3.05, 3.63) is 40.6 Å². The largest absolute Gasteiger partial charge is 0.466 e. The number of ether oxygens (including phenoxy) is 2. The van der Waals surface area contributed by atoms with E-state index in [1.54, 1.807) is 13.8 Å². The third-order valence-electron chi connectivity index (χ3n) is 3.98. The molecule has 1 heterocycles. The number of nitrogens with zero attached hydrogens (tertiary/aromatic N) is 2. The van der Waals surface area contributed by atoms with Crippen molar-refractivity contribution in [3.63, 3.8) is 0 Å². The third kappa shape index (κ3) is 4.36. The molecular weight excluding hydrogens is 372 g/mol. The molecule has 9 heteroatoms. The molecule has 8 nitrogen and oxygen atoms in total. The van der Waals surface area contributed by atoms with Gasteiger partial charge in [-0.15, -0.1) is 0 Å². The van der Waals surface area contributed by atoms with Crippen molar-refractivity contribution in [2.45, 2.75) is 32.2 Å². The van der Waals surface area contributed by atoms with Gasteiger partial charge in [0.05, 0.1) is 18.2 Å². The highest BCUT2D eigenvalue weighted by atomic mass is 32.2. The minimum absolute atomic E-state index is 0.162. The summed E-state index contributed by atoms with van der Waals surface area (Å²) in [6.45, 7) is 5.19. The lowest BCUT2D eigenvalue weighted by Crippen LogP contribution is -2.16. The van der Waals surface area contributed by atoms with E-state index in [1.807, 2.05) is 6.92 Å². The van der Waals surface area contributed by atoms with E-state index in [9.17, 15) is 18.0 Å². The van der Waals surface area contributed by atoms with E-state index in [-0.39, 0.29) is 28.7 Å². The van der Waals surface area contributed by atoms with E-state index in [4.69, 9.17) is 4.74 Å². The van der Waals surface area contributed by atoms with Crippen molar-refractivity contribution in [1.82, 2.24) is 9.78 Å². The van der Waals surface area contributed by atoms with Gasteiger partial charge >= 0.3 is 5.97 Å². The van der Waals surface area contributed by atoms with Crippen LogP contribution in [0.2, 0.25) is 0 Å². The Morgan fingerprint density at radius 3 is 2.26 bits per heavy atom. The molecule has 27 heavy (non-hydrogen) atoms. The summed E-state index contributed by atoms with van der Waals surface area (Å²) >= 11 is 0. The number of carbonyl (C=O) groups is 2. The first-order chi connectivity index (χ1) is 12.6. The topological polar surface area (TPSA) is 105 Å². The first-order valence-electron chi connectivity index (χ1n) is 8.21. The van der Waals surface area contributed by atoms with Gasteiger partial charge < -0.3 is 9.47 Å². The van der Waals surface area contributed by atoms with Gasteiger partial charge in [0.15, 0.2) is 22.2 Å². The highest BCUT2D eigenvalue weighted by Gasteiger charge is 2.23. The van der Waals surface area contributed by atoms with Gasteiger partial charge in [0, 0.05) is 18.4 Å². The summed E-state index contributed by atoms with van der Waals surface area (Å²) in [4.78, 5) is 24.6. The van der Waals surface area contributed by atoms with Crippen LogP contribution in [0.3, 0.4) is 0 Å².